The van der Waals surface area contributed by atoms with Gasteiger partial charge in [0.1, 0.15) is 0 Å². The predicted molar refractivity (Wildman–Crippen MR) is 75.3 cm³/mol. The van der Waals surface area contributed by atoms with E-state index in [9.17, 15) is 4.79 Å². The number of aryl methyl sites for hydroxylation is 2. The number of hydrazone groups is 1. The van der Waals surface area contributed by atoms with Crippen molar-refractivity contribution in [1.29, 1.82) is 0 Å². The van der Waals surface area contributed by atoms with Crippen LogP contribution >= 0.6 is 11.3 Å². The van der Waals surface area contributed by atoms with Gasteiger partial charge in [0.2, 0.25) is 0 Å². The highest BCUT2D eigenvalue weighted by Crippen LogP contribution is 2.12. The average molecular weight is 258 g/mol. The quantitative estimate of drug-likeness (QED) is 0.667. The van der Waals surface area contributed by atoms with Crippen LogP contribution in [0, 0.1) is 13.8 Å². The second-order valence-electron chi connectivity index (χ2n) is 4.02. The smallest absolute Gasteiger partial charge is 0.267 e. The number of rotatable bonds is 3. The van der Waals surface area contributed by atoms with Gasteiger partial charge in [0.25, 0.3) is 5.91 Å². The summed E-state index contributed by atoms with van der Waals surface area (Å²) in [6.07, 6.45) is 1.66. The number of thiophene rings is 1. The van der Waals surface area contributed by atoms with Crippen LogP contribution in [0.4, 0.5) is 0 Å². The molecule has 0 radical (unpaired) electrons. The van der Waals surface area contributed by atoms with Crippen molar-refractivity contribution in [3.8, 4) is 0 Å². The van der Waals surface area contributed by atoms with Crippen molar-refractivity contribution in [2.45, 2.75) is 13.8 Å². The van der Waals surface area contributed by atoms with E-state index in [1.807, 2.05) is 44.2 Å². The first-order valence-electron chi connectivity index (χ1n) is 5.61. The number of benzene rings is 1. The minimum absolute atomic E-state index is 0.191. The lowest BCUT2D eigenvalue weighted by Gasteiger charge is -2.00. The molecule has 0 saturated carbocycles. The van der Waals surface area contributed by atoms with Gasteiger partial charge in [-0.15, -0.1) is 11.3 Å². The molecule has 3 nitrogen and oxygen atoms in total. The third kappa shape index (κ3) is 3.28. The van der Waals surface area contributed by atoms with E-state index in [1.54, 1.807) is 23.6 Å². The maximum atomic E-state index is 11.8. The maximum Gasteiger partial charge on any atom is 0.271 e. The molecule has 0 aliphatic heterocycles. The van der Waals surface area contributed by atoms with E-state index in [1.165, 1.54) is 4.88 Å². The molecule has 4 heteroatoms. The van der Waals surface area contributed by atoms with Gasteiger partial charge in [-0.3, -0.25) is 4.79 Å². The fourth-order valence-corrected chi connectivity index (χ4v) is 2.28. The standard InChI is InChI=1S/C14H14N2OS/c1-10-4-3-5-12(8-10)14(17)16-15-9-13-7-6-11(2)18-13/h3-9H,1-2H3,(H,16,17)/b15-9-. The summed E-state index contributed by atoms with van der Waals surface area (Å²) >= 11 is 1.64. The topological polar surface area (TPSA) is 41.5 Å². The van der Waals surface area contributed by atoms with E-state index in [2.05, 4.69) is 10.5 Å². The van der Waals surface area contributed by atoms with Crippen LogP contribution in [0.5, 0.6) is 0 Å². The van der Waals surface area contributed by atoms with Gasteiger partial charge in [-0.25, -0.2) is 5.43 Å². The van der Waals surface area contributed by atoms with E-state index in [0.717, 1.165) is 10.4 Å². The molecular weight excluding hydrogens is 244 g/mol. The van der Waals surface area contributed by atoms with Crippen molar-refractivity contribution in [2.75, 3.05) is 0 Å². The van der Waals surface area contributed by atoms with Crippen LogP contribution in [0.15, 0.2) is 41.5 Å². The molecule has 0 bridgehead atoms. The Hall–Kier alpha value is -1.94. The Bertz CT molecular complexity index is 587. The molecule has 18 heavy (non-hydrogen) atoms. The van der Waals surface area contributed by atoms with E-state index in [0.29, 0.717) is 5.56 Å². The Morgan fingerprint density at radius 2 is 2.11 bits per heavy atom. The summed E-state index contributed by atoms with van der Waals surface area (Å²) in [5, 5.41) is 3.95. The molecule has 0 aliphatic rings. The number of carbonyl (C=O) groups excluding carboxylic acids is 1. The van der Waals surface area contributed by atoms with Crippen molar-refractivity contribution in [2.24, 2.45) is 5.10 Å². The third-order valence-corrected chi connectivity index (χ3v) is 3.33. The largest absolute Gasteiger partial charge is 0.271 e. The Morgan fingerprint density at radius 3 is 2.78 bits per heavy atom. The minimum atomic E-state index is -0.191. The summed E-state index contributed by atoms with van der Waals surface area (Å²) in [7, 11) is 0. The van der Waals surface area contributed by atoms with E-state index in [-0.39, 0.29) is 5.91 Å². The number of amides is 1. The highest BCUT2D eigenvalue weighted by molar-refractivity contribution is 7.13. The second-order valence-corrected chi connectivity index (χ2v) is 5.34. The molecular formula is C14H14N2OS. The van der Waals surface area contributed by atoms with Crippen LogP contribution in [-0.4, -0.2) is 12.1 Å². The lowest BCUT2D eigenvalue weighted by molar-refractivity contribution is 0.0955. The Kier molecular flexibility index (Phi) is 3.89. The molecule has 92 valence electrons. The summed E-state index contributed by atoms with van der Waals surface area (Å²) in [5.41, 5.74) is 4.20. The fraction of sp³-hybridized carbons (Fsp3) is 0.143. The highest BCUT2D eigenvalue weighted by atomic mass is 32.1. The van der Waals surface area contributed by atoms with Gasteiger partial charge in [0, 0.05) is 15.3 Å². The molecule has 0 fully saturated rings. The summed E-state index contributed by atoms with van der Waals surface area (Å²) < 4.78 is 0. The number of carbonyl (C=O) groups is 1. The van der Waals surface area contributed by atoms with Crippen molar-refractivity contribution in [3.63, 3.8) is 0 Å². The molecule has 1 heterocycles. The maximum absolute atomic E-state index is 11.8. The van der Waals surface area contributed by atoms with Gasteiger partial charge in [0.15, 0.2) is 0 Å². The van der Waals surface area contributed by atoms with Crippen LogP contribution in [0.25, 0.3) is 0 Å². The monoisotopic (exact) mass is 258 g/mol. The molecule has 1 N–H and O–H groups in total. The molecule has 0 spiro atoms. The summed E-state index contributed by atoms with van der Waals surface area (Å²) in [6.45, 7) is 3.99. The van der Waals surface area contributed by atoms with Crippen molar-refractivity contribution >= 4 is 23.5 Å². The van der Waals surface area contributed by atoms with Gasteiger partial charge in [0.05, 0.1) is 6.21 Å². The molecule has 0 saturated heterocycles. The van der Waals surface area contributed by atoms with Crippen LogP contribution in [0.3, 0.4) is 0 Å². The van der Waals surface area contributed by atoms with Crippen molar-refractivity contribution < 1.29 is 4.79 Å². The first-order valence-corrected chi connectivity index (χ1v) is 6.43. The molecule has 0 aliphatic carbocycles. The third-order valence-electron chi connectivity index (χ3n) is 2.40. The van der Waals surface area contributed by atoms with E-state index in [4.69, 9.17) is 0 Å². The Morgan fingerprint density at radius 1 is 1.28 bits per heavy atom. The highest BCUT2D eigenvalue weighted by Gasteiger charge is 2.03. The number of hydrogen-bond donors (Lipinski definition) is 1. The van der Waals surface area contributed by atoms with Gasteiger partial charge in [-0.05, 0) is 38.1 Å². The van der Waals surface area contributed by atoms with Gasteiger partial charge < -0.3 is 0 Å². The van der Waals surface area contributed by atoms with Crippen LogP contribution in [0.1, 0.15) is 25.7 Å². The first-order chi connectivity index (χ1) is 8.65. The zero-order chi connectivity index (χ0) is 13.0. The molecule has 0 atom stereocenters. The van der Waals surface area contributed by atoms with Gasteiger partial charge in [-0.2, -0.15) is 5.10 Å². The molecule has 2 rings (SSSR count). The van der Waals surface area contributed by atoms with Gasteiger partial charge in [-0.1, -0.05) is 17.7 Å². The lowest BCUT2D eigenvalue weighted by atomic mass is 10.1. The summed E-state index contributed by atoms with van der Waals surface area (Å²) in [6, 6.07) is 11.4. The van der Waals surface area contributed by atoms with Gasteiger partial charge >= 0.3 is 0 Å². The molecule has 1 amide bonds. The van der Waals surface area contributed by atoms with Crippen LogP contribution in [-0.2, 0) is 0 Å². The summed E-state index contributed by atoms with van der Waals surface area (Å²) in [4.78, 5) is 14.0. The molecule has 2 aromatic rings. The zero-order valence-corrected chi connectivity index (χ0v) is 11.1. The Balaban J connectivity index is 1.98. The number of nitrogens with zero attached hydrogens (tertiary/aromatic N) is 1. The lowest BCUT2D eigenvalue weighted by Crippen LogP contribution is -2.17. The SMILES string of the molecule is Cc1cccc(C(=O)N/N=C\c2ccc(C)s2)c1. The van der Waals surface area contributed by atoms with Crippen molar-refractivity contribution in [1.82, 2.24) is 5.43 Å². The molecule has 1 aromatic heterocycles. The number of nitrogens with one attached hydrogen (secondary N) is 1. The van der Waals surface area contributed by atoms with E-state index >= 15 is 0 Å². The summed E-state index contributed by atoms with van der Waals surface area (Å²) in [5.74, 6) is -0.191. The minimum Gasteiger partial charge on any atom is -0.267 e. The number of hydrogen-bond acceptors (Lipinski definition) is 3. The second kappa shape index (κ2) is 5.60. The van der Waals surface area contributed by atoms with Crippen molar-refractivity contribution in [3.05, 3.63) is 57.3 Å². The van der Waals surface area contributed by atoms with Crippen LogP contribution < -0.4 is 5.43 Å². The molecule has 0 unspecified atom stereocenters. The normalized spacial score (nSPS) is 10.8. The average Bonchev–Trinajstić information content (AvgIpc) is 2.75. The zero-order valence-electron chi connectivity index (χ0n) is 10.3. The van der Waals surface area contributed by atoms with Crippen LogP contribution in [0.2, 0.25) is 0 Å². The fourth-order valence-electron chi connectivity index (χ4n) is 1.53. The molecule has 1 aromatic carbocycles. The Labute approximate surface area is 110 Å². The van der Waals surface area contributed by atoms with E-state index < -0.39 is 0 Å². The first kappa shape index (κ1) is 12.5. The predicted octanol–water partition coefficient (Wildman–Crippen LogP) is 3.13.